The molecule has 0 unspecified atom stereocenters. The number of hydrazine groups is 1. The van der Waals surface area contributed by atoms with Crippen molar-refractivity contribution in [3.8, 4) is 0 Å². The number of para-hydroxylation sites is 1. The largest absolute Gasteiger partial charge is 0.396 e. The maximum atomic E-state index is 6.29. The Morgan fingerprint density at radius 3 is 2.42 bits per heavy atom. The summed E-state index contributed by atoms with van der Waals surface area (Å²) in [6, 6.07) is 16.0. The molecule has 0 atom stereocenters. The molecule has 0 saturated heterocycles. The van der Waals surface area contributed by atoms with Crippen molar-refractivity contribution in [1.29, 1.82) is 0 Å². The number of benzene rings is 2. The number of anilines is 1. The lowest BCUT2D eigenvalue weighted by molar-refractivity contribution is 0.984. The van der Waals surface area contributed by atoms with Crippen LogP contribution in [0.4, 0.5) is 5.69 Å². The van der Waals surface area contributed by atoms with Gasteiger partial charge in [-0.25, -0.2) is 0 Å². The zero-order valence-electron chi connectivity index (χ0n) is 10.5. The van der Waals surface area contributed by atoms with E-state index < -0.39 is 0 Å². The summed E-state index contributed by atoms with van der Waals surface area (Å²) < 4.78 is 0. The first kappa shape index (κ1) is 11.6. The van der Waals surface area contributed by atoms with Crippen molar-refractivity contribution in [1.82, 2.24) is 5.43 Å². The molecule has 4 heteroatoms. The van der Waals surface area contributed by atoms with Crippen LogP contribution in [-0.2, 0) is 6.54 Å². The van der Waals surface area contributed by atoms with Crippen molar-refractivity contribution in [2.75, 3.05) is 5.32 Å². The zero-order valence-corrected chi connectivity index (χ0v) is 10.5. The smallest absolute Gasteiger partial charge is 0.0816 e. The molecule has 0 radical (unpaired) electrons. The minimum absolute atomic E-state index is 0.673. The Kier molecular flexibility index (Phi) is 2.85. The second-order valence-electron chi connectivity index (χ2n) is 4.49. The number of rotatable bonds is 1. The normalized spacial score (nSPS) is 17.5. The van der Waals surface area contributed by atoms with E-state index in [4.69, 9.17) is 11.6 Å². The molecule has 19 heavy (non-hydrogen) atoms. The molecule has 1 heterocycles. The molecule has 6 N–H and O–H groups in total. The molecule has 0 fully saturated rings. The average Bonchev–Trinajstić information content (AvgIpc) is 2.46. The van der Waals surface area contributed by atoms with Crippen molar-refractivity contribution >= 4 is 17.1 Å². The fraction of sp³-hybridized carbons (Fsp3) is 0.0667. The summed E-state index contributed by atoms with van der Waals surface area (Å²) in [4.78, 5) is 0. The molecule has 0 bridgehead atoms. The van der Waals surface area contributed by atoms with Crippen LogP contribution in [0.15, 0.2) is 48.5 Å². The predicted molar refractivity (Wildman–Crippen MR) is 78.5 cm³/mol. The average molecular weight is 252 g/mol. The standard InChI is InChI=1S/C15H16N4/c16-14-11-6-2-1-5-10(11)9-18-13-8-4-3-7-12(13)15(14)19-17/h1-8,18-19H,9,16-17H2/b15-14-. The van der Waals surface area contributed by atoms with E-state index in [9.17, 15) is 0 Å². The number of hydrogen-bond donors (Lipinski definition) is 4. The molecule has 2 aromatic rings. The summed E-state index contributed by atoms with van der Waals surface area (Å²) in [6.07, 6.45) is 0. The third kappa shape index (κ3) is 1.92. The molecule has 96 valence electrons. The van der Waals surface area contributed by atoms with Gasteiger partial charge in [0.15, 0.2) is 0 Å². The van der Waals surface area contributed by atoms with Gasteiger partial charge in [-0.15, -0.1) is 0 Å². The van der Waals surface area contributed by atoms with E-state index in [1.807, 2.05) is 42.5 Å². The molecule has 1 aliphatic heterocycles. The van der Waals surface area contributed by atoms with E-state index >= 15 is 0 Å². The number of nitrogens with one attached hydrogen (secondary N) is 2. The fourth-order valence-corrected chi connectivity index (χ4v) is 2.42. The molecular formula is C15H16N4. The van der Waals surface area contributed by atoms with Gasteiger partial charge in [-0.05, 0) is 11.6 Å². The summed E-state index contributed by atoms with van der Waals surface area (Å²) >= 11 is 0. The van der Waals surface area contributed by atoms with Gasteiger partial charge in [0.05, 0.1) is 11.4 Å². The van der Waals surface area contributed by atoms with Gasteiger partial charge in [-0.2, -0.15) is 0 Å². The molecule has 0 aliphatic carbocycles. The summed E-state index contributed by atoms with van der Waals surface area (Å²) in [5, 5.41) is 3.42. The Morgan fingerprint density at radius 1 is 0.947 bits per heavy atom. The lowest BCUT2D eigenvalue weighted by Crippen LogP contribution is -2.25. The van der Waals surface area contributed by atoms with Gasteiger partial charge in [-0.1, -0.05) is 42.5 Å². The van der Waals surface area contributed by atoms with Crippen molar-refractivity contribution in [2.45, 2.75) is 6.54 Å². The first-order valence-electron chi connectivity index (χ1n) is 6.19. The van der Waals surface area contributed by atoms with Gasteiger partial charge in [0.1, 0.15) is 0 Å². The van der Waals surface area contributed by atoms with Gasteiger partial charge < -0.3 is 16.5 Å². The highest BCUT2D eigenvalue weighted by Crippen LogP contribution is 2.30. The van der Waals surface area contributed by atoms with E-state index in [1.54, 1.807) is 0 Å². The van der Waals surface area contributed by atoms with Gasteiger partial charge in [0.25, 0.3) is 0 Å². The van der Waals surface area contributed by atoms with Gasteiger partial charge in [-0.3, -0.25) is 5.84 Å². The third-order valence-corrected chi connectivity index (χ3v) is 3.39. The Morgan fingerprint density at radius 2 is 1.63 bits per heavy atom. The minimum atomic E-state index is 0.673. The van der Waals surface area contributed by atoms with Crippen LogP contribution in [0.25, 0.3) is 11.4 Å². The van der Waals surface area contributed by atoms with Gasteiger partial charge >= 0.3 is 0 Å². The lowest BCUT2D eigenvalue weighted by atomic mass is 9.97. The van der Waals surface area contributed by atoms with Crippen LogP contribution in [0.1, 0.15) is 16.7 Å². The summed E-state index contributed by atoms with van der Waals surface area (Å²) in [6.45, 7) is 0.742. The highest BCUT2D eigenvalue weighted by molar-refractivity contribution is 5.93. The van der Waals surface area contributed by atoms with E-state index in [0.717, 1.165) is 34.6 Å². The minimum Gasteiger partial charge on any atom is -0.396 e. The Bertz CT molecular complexity index is 646. The first-order valence-corrected chi connectivity index (χ1v) is 6.19. The number of hydrogen-bond acceptors (Lipinski definition) is 4. The SMILES string of the molecule is NN/C1=C(\N)c2ccccc2CNc2ccccc21. The van der Waals surface area contributed by atoms with Crippen LogP contribution < -0.4 is 22.3 Å². The van der Waals surface area contributed by atoms with Crippen LogP contribution in [-0.4, -0.2) is 0 Å². The van der Waals surface area contributed by atoms with E-state index in [1.165, 1.54) is 0 Å². The van der Waals surface area contributed by atoms with E-state index in [-0.39, 0.29) is 0 Å². The third-order valence-electron chi connectivity index (χ3n) is 3.39. The Hall–Kier alpha value is -2.46. The van der Waals surface area contributed by atoms with Crippen LogP contribution in [0.2, 0.25) is 0 Å². The van der Waals surface area contributed by atoms with Crippen molar-refractivity contribution in [3.05, 3.63) is 65.2 Å². The number of nitrogens with two attached hydrogens (primary N) is 2. The van der Waals surface area contributed by atoms with Crippen molar-refractivity contribution < 1.29 is 0 Å². The summed E-state index contributed by atoms with van der Waals surface area (Å²) in [7, 11) is 0. The lowest BCUT2D eigenvalue weighted by Gasteiger charge is -2.22. The summed E-state index contributed by atoms with van der Waals surface area (Å²) in [5.41, 5.74) is 14.6. The predicted octanol–water partition coefficient (Wildman–Crippen LogP) is 1.86. The fourth-order valence-electron chi connectivity index (χ4n) is 2.42. The van der Waals surface area contributed by atoms with Crippen LogP contribution in [0.3, 0.4) is 0 Å². The second kappa shape index (κ2) is 4.66. The second-order valence-corrected chi connectivity index (χ2v) is 4.49. The molecule has 0 spiro atoms. The molecule has 4 nitrogen and oxygen atoms in total. The molecule has 1 aliphatic rings. The Balaban J connectivity index is 2.28. The van der Waals surface area contributed by atoms with Gasteiger partial charge in [0.2, 0.25) is 0 Å². The monoisotopic (exact) mass is 252 g/mol. The van der Waals surface area contributed by atoms with E-state index in [0.29, 0.717) is 5.70 Å². The Labute approximate surface area is 112 Å². The molecule has 0 aromatic heterocycles. The van der Waals surface area contributed by atoms with Crippen LogP contribution in [0.5, 0.6) is 0 Å². The van der Waals surface area contributed by atoms with Crippen molar-refractivity contribution in [3.63, 3.8) is 0 Å². The quantitative estimate of drug-likeness (QED) is 0.461. The van der Waals surface area contributed by atoms with Crippen molar-refractivity contribution in [2.24, 2.45) is 11.6 Å². The first-order chi connectivity index (χ1) is 9.31. The van der Waals surface area contributed by atoms with Crippen LogP contribution in [0, 0.1) is 0 Å². The zero-order chi connectivity index (χ0) is 13.2. The van der Waals surface area contributed by atoms with E-state index in [2.05, 4.69) is 16.8 Å². The highest BCUT2D eigenvalue weighted by atomic mass is 15.2. The maximum absolute atomic E-state index is 6.29. The molecule has 3 rings (SSSR count). The number of fused-ring (bicyclic) bond motifs is 2. The molecular weight excluding hydrogens is 236 g/mol. The molecule has 2 aromatic carbocycles. The summed E-state index contributed by atoms with van der Waals surface area (Å²) in [5.74, 6) is 5.67. The maximum Gasteiger partial charge on any atom is 0.0816 e. The van der Waals surface area contributed by atoms with Crippen LogP contribution >= 0.6 is 0 Å². The molecule has 0 saturated carbocycles. The molecule has 0 amide bonds. The van der Waals surface area contributed by atoms with Gasteiger partial charge in [0, 0.05) is 23.4 Å². The highest BCUT2D eigenvalue weighted by Gasteiger charge is 2.16. The topological polar surface area (TPSA) is 76.1 Å².